The summed E-state index contributed by atoms with van der Waals surface area (Å²) in [4.78, 5) is 4.66. The fourth-order valence-electron chi connectivity index (χ4n) is 2.52. The van der Waals surface area contributed by atoms with Crippen molar-refractivity contribution in [2.75, 3.05) is 33.2 Å². The van der Waals surface area contributed by atoms with Gasteiger partial charge in [-0.15, -0.1) is 0 Å². The first-order valence-electron chi connectivity index (χ1n) is 4.44. The maximum atomic E-state index is 4.00. The average molecular weight is 153 g/mol. The lowest BCUT2D eigenvalue weighted by Crippen LogP contribution is -2.27. The van der Waals surface area contributed by atoms with Crippen molar-refractivity contribution in [1.82, 2.24) is 9.80 Å². The standard InChI is InChI=1S/C9H17N2/c1-10-5-3-9(7-10)4-6-11(2)8-9/h1,3-8H2,2H3/q-1. The van der Waals surface area contributed by atoms with Crippen LogP contribution in [0.3, 0.4) is 0 Å². The van der Waals surface area contributed by atoms with Gasteiger partial charge in [-0.1, -0.05) is 0 Å². The zero-order valence-electron chi connectivity index (χ0n) is 7.34. The molecule has 1 unspecified atom stereocenters. The maximum Gasteiger partial charge on any atom is 0.00472 e. The van der Waals surface area contributed by atoms with Crippen LogP contribution in [0.25, 0.3) is 0 Å². The Morgan fingerprint density at radius 3 is 2.36 bits per heavy atom. The molecule has 2 aliphatic rings. The molecule has 0 aromatic heterocycles. The van der Waals surface area contributed by atoms with E-state index >= 15 is 0 Å². The lowest BCUT2D eigenvalue weighted by Gasteiger charge is -2.25. The second-order valence-corrected chi connectivity index (χ2v) is 4.29. The molecular weight excluding hydrogens is 136 g/mol. The van der Waals surface area contributed by atoms with Gasteiger partial charge in [0.25, 0.3) is 0 Å². The maximum absolute atomic E-state index is 4.00. The zero-order valence-corrected chi connectivity index (χ0v) is 7.34. The minimum Gasteiger partial charge on any atom is -0.459 e. The summed E-state index contributed by atoms with van der Waals surface area (Å²) in [6, 6.07) is 0. The molecule has 2 saturated heterocycles. The van der Waals surface area contributed by atoms with Crippen LogP contribution in [-0.2, 0) is 0 Å². The molecule has 2 heterocycles. The van der Waals surface area contributed by atoms with Gasteiger partial charge in [0, 0.05) is 6.54 Å². The van der Waals surface area contributed by atoms with Gasteiger partial charge in [-0.3, -0.25) is 7.05 Å². The lowest BCUT2D eigenvalue weighted by molar-refractivity contribution is 0.285. The molecule has 11 heavy (non-hydrogen) atoms. The minimum atomic E-state index is 0.622. The van der Waals surface area contributed by atoms with Crippen LogP contribution in [0.5, 0.6) is 0 Å². The number of likely N-dealkylation sites (tertiary alicyclic amines) is 2. The van der Waals surface area contributed by atoms with Crippen molar-refractivity contribution < 1.29 is 0 Å². The second kappa shape index (κ2) is 2.46. The third-order valence-corrected chi connectivity index (χ3v) is 3.15. The van der Waals surface area contributed by atoms with Gasteiger partial charge in [0.1, 0.15) is 0 Å². The van der Waals surface area contributed by atoms with Gasteiger partial charge >= 0.3 is 0 Å². The van der Waals surface area contributed by atoms with E-state index in [4.69, 9.17) is 0 Å². The molecule has 0 aromatic rings. The van der Waals surface area contributed by atoms with E-state index in [-0.39, 0.29) is 0 Å². The quantitative estimate of drug-likeness (QED) is 0.475. The van der Waals surface area contributed by atoms with Crippen LogP contribution in [0.2, 0.25) is 0 Å². The highest BCUT2D eigenvalue weighted by Gasteiger charge is 2.39. The normalized spacial score (nSPS) is 40.9. The Morgan fingerprint density at radius 2 is 1.91 bits per heavy atom. The molecule has 2 fully saturated rings. The highest BCUT2D eigenvalue weighted by atomic mass is 15.2. The van der Waals surface area contributed by atoms with Gasteiger partial charge in [-0.25, -0.2) is 0 Å². The summed E-state index contributed by atoms with van der Waals surface area (Å²) >= 11 is 0. The van der Waals surface area contributed by atoms with Crippen LogP contribution in [-0.4, -0.2) is 43.0 Å². The molecule has 1 spiro atoms. The van der Waals surface area contributed by atoms with Crippen molar-refractivity contribution in [3.63, 3.8) is 0 Å². The number of hydrogen-bond acceptors (Lipinski definition) is 2. The largest absolute Gasteiger partial charge is 0.459 e. The van der Waals surface area contributed by atoms with E-state index in [1.165, 1.54) is 39.0 Å². The summed E-state index contributed by atoms with van der Waals surface area (Å²) in [5, 5.41) is 0. The number of rotatable bonds is 0. The van der Waals surface area contributed by atoms with E-state index in [1.54, 1.807) is 0 Å². The van der Waals surface area contributed by atoms with Gasteiger partial charge in [0.2, 0.25) is 0 Å². The first-order valence-corrected chi connectivity index (χ1v) is 4.44. The van der Waals surface area contributed by atoms with Crippen molar-refractivity contribution in [1.29, 1.82) is 0 Å². The SMILES string of the molecule is [CH2-]N1CCC2(CCN(C)C2)C1. The predicted octanol–water partition coefficient (Wildman–Crippen LogP) is 0.806. The average Bonchev–Trinajstić information content (AvgIpc) is 2.44. The van der Waals surface area contributed by atoms with Crippen molar-refractivity contribution in [2.45, 2.75) is 12.8 Å². The van der Waals surface area contributed by atoms with E-state index in [0.29, 0.717) is 5.41 Å². The topological polar surface area (TPSA) is 6.48 Å². The van der Waals surface area contributed by atoms with E-state index < -0.39 is 0 Å². The van der Waals surface area contributed by atoms with Gasteiger partial charge < -0.3 is 9.80 Å². The summed E-state index contributed by atoms with van der Waals surface area (Å²) in [7, 11) is 6.22. The molecule has 0 amide bonds. The Labute approximate surface area is 69.2 Å². The monoisotopic (exact) mass is 153 g/mol. The third kappa shape index (κ3) is 1.30. The molecule has 0 radical (unpaired) electrons. The van der Waals surface area contributed by atoms with E-state index in [9.17, 15) is 0 Å². The molecule has 0 saturated carbocycles. The predicted molar refractivity (Wildman–Crippen MR) is 46.1 cm³/mol. The fourth-order valence-corrected chi connectivity index (χ4v) is 2.52. The first kappa shape index (κ1) is 7.56. The third-order valence-electron chi connectivity index (χ3n) is 3.15. The van der Waals surface area contributed by atoms with E-state index in [0.717, 1.165) is 0 Å². The zero-order chi connectivity index (χ0) is 7.90. The van der Waals surface area contributed by atoms with Crippen LogP contribution in [0.15, 0.2) is 0 Å². The Bertz CT molecular complexity index is 138. The first-order chi connectivity index (χ1) is 5.20. The van der Waals surface area contributed by atoms with Crippen LogP contribution in [0.1, 0.15) is 12.8 Å². The Kier molecular flexibility index (Phi) is 1.69. The van der Waals surface area contributed by atoms with Gasteiger partial charge in [0.05, 0.1) is 0 Å². The second-order valence-electron chi connectivity index (χ2n) is 4.29. The number of nitrogens with zero attached hydrogens (tertiary/aromatic N) is 2. The molecular formula is C9H17N2-. The Balaban J connectivity index is 2.02. The van der Waals surface area contributed by atoms with Crippen LogP contribution in [0.4, 0.5) is 0 Å². The fraction of sp³-hybridized carbons (Fsp3) is 0.889. The van der Waals surface area contributed by atoms with Crippen molar-refractivity contribution >= 4 is 0 Å². The highest BCUT2D eigenvalue weighted by Crippen LogP contribution is 2.38. The van der Waals surface area contributed by atoms with E-state index in [2.05, 4.69) is 23.9 Å². The summed E-state index contributed by atoms with van der Waals surface area (Å²) < 4.78 is 0. The molecule has 0 aromatic carbocycles. The molecule has 2 heteroatoms. The van der Waals surface area contributed by atoms with Crippen molar-refractivity contribution in [3.05, 3.63) is 7.05 Å². The Hall–Kier alpha value is -0.0800. The summed E-state index contributed by atoms with van der Waals surface area (Å²) in [5.74, 6) is 0. The molecule has 2 aliphatic heterocycles. The molecule has 2 nitrogen and oxygen atoms in total. The van der Waals surface area contributed by atoms with Crippen LogP contribution < -0.4 is 0 Å². The smallest absolute Gasteiger partial charge is 0.00472 e. The van der Waals surface area contributed by atoms with Crippen molar-refractivity contribution in [2.24, 2.45) is 5.41 Å². The van der Waals surface area contributed by atoms with Crippen molar-refractivity contribution in [3.8, 4) is 0 Å². The molecule has 0 N–H and O–H groups in total. The molecule has 0 aliphatic carbocycles. The number of hydrogen-bond donors (Lipinski definition) is 0. The molecule has 0 bridgehead atoms. The highest BCUT2D eigenvalue weighted by molar-refractivity contribution is 4.95. The van der Waals surface area contributed by atoms with Crippen LogP contribution in [0, 0.1) is 12.5 Å². The summed E-state index contributed by atoms with van der Waals surface area (Å²) in [6.45, 7) is 5.00. The summed E-state index contributed by atoms with van der Waals surface area (Å²) in [5.41, 5.74) is 0.622. The molecule has 1 atom stereocenters. The van der Waals surface area contributed by atoms with Gasteiger partial charge in [-0.2, -0.15) is 0 Å². The molecule has 2 rings (SSSR count). The van der Waals surface area contributed by atoms with Gasteiger partial charge in [0.15, 0.2) is 0 Å². The van der Waals surface area contributed by atoms with E-state index in [1.807, 2.05) is 0 Å². The lowest BCUT2D eigenvalue weighted by atomic mass is 9.86. The molecule has 64 valence electrons. The minimum absolute atomic E-state index is 0.622. The van der Waals surface area contributed by atoms with Gasteiger partial charge in [-0.05, 0) is 44.9 Å². The Morgan fingerprint density at radius 1 is 1.18 bits per heavy atom. The van der Waals surface area contributed by atoms with Crippen LogP contribution >= 0.6 is 0 Å². The summed E-state index contributed by atoms with van der Waals surface area (Å²) in [6.07, 6.45) is 2.75.